The van der Waals surface area contributed by atoms with Gasteiger partial charge in [-0.2, -0.15) is 0 Å². The van der Waals surface area contributed by atoms with E-state index < -0.39 is 10.9 Å². The third-order valence-corrected chi connectivity index (χ3v) is 6.39. The Balaban J connectivity index is 1.44. The van der Waals surface area contributed by atoms with Crippen molar-refractivity contribution < 1.29 is 4.74 Å². The molecule has 1 saturated heterocycles. The maximum atomic E-state index is 12.7. The molecule has 4 aromatic rings. The third-order valence-electron chi connectivity index (χ3n) is 6.15. The molecule has 4 aromatic carbocycles. The van der Waals surface area contributed by atoms with E-state index in [0.717, 1.165) is 25.9 Å². The molecule has 0 atom stereocenters. The highest BCUT2D eigenvalue weighted by Crippen LogP contribution is 2.39. The van der Waals surface area contributed by atoms with Crippen molar-refractivity contribution in [3.8, 4) is 22.6 Å². The summed E-state index contributed by atoms with van der Waals surface area (Å²) in [6.45, 7) is 1.47. The standard InChI is InChI=1S/C27H22ClNO3/c28-20-11-12-22(23(17-20)32-21-9-5-2-6-10-21)24-25(27(31)26(24)30)29-15-13-19(14-16-29)18-7-3-1-4-8-18/h1-12,17,19H,13-16H2. The Kier molecular flexibility index (Phi) is 5.54. The fourth-order valence-corrected chi connectivity index (χ4v) is 4.66. The van der Waals surface area contributed by atoms with Crippen LogP contribution in [-0.4, -0.2) is 13.1 Å². The first kappa shape index (κ1) is 20.5. The third kappa shape index (κ3) is 3.82. The topological polar surface area (TPSA) is 46.6 Å². The highest BCUT2D eigenvalue weighted by atomic mass is 35.5. The summed E-state index contributed by atoms with van der Waals surface area (Å²) in [5.41, 5.74) is 1.97. The Morgan fingerprint density at radius 3 is 2.16 bits per heavy atom. The van der Waals surface area contributed by atoms with Gasteiger partial charge in [0.05, 0.1) is 5.56 Å². The Labute approximate surface area is 191 Å². The van der Waals surface area contributed by atoms with Crippen LogP contribution in [0.2, 0.25) is 5.02 Å². The number of ether oxygens (including phenoxy) is 1. The minimum atomic E-state index is -0.467. The first-order valence-electron chi connectivity index (χ1n) is 10.8. The van der Waals surface area contributed by atoms with Gasteiger partial charge in [-0.25, -0.2) is 0 Å². The molecule has 5 heteroatoms. The Bertz CT molecular complexity index is 1300. The van der Waals surface area contributed by atoms with Crippen LogP contribution in [0.15, 0.2) is 88.5 Å². The van der Waals surface area contributed by atoms with E-state index in [0.29, 0.717) is 39.3 Å². The first-order chi connectivity index (χ1) is 15.6. The number of halogens is 1. The van der Waals surface area contributed by atoms with Crippen LogP contribution >= 0.6 is 11.6 Å². The number of rotatable bonds is 5. The summed E-state index contributed by atoms with van der Waals surface area (Å²) in [6.07, 6.45) is 1.88. The van der Waals surface area contributed by atoms with Crippen LogP contribution in [0.3, 0.4) is 0 Å². The van der Waals surface area contributed by atoms with Crippen LogP contribution in [0.25, 0.3) is 11.1 Å². The van der Waals surface area contributed by atoms with Crippen LogP contribution in [0.1, 0.15) is 24.3 Å². The molecule has 0 aromatic heterocycles. The fourth-order valence-electron chi connectivity index (χ4n) is 4.50. The smallest absolute Gasteiger partial charge is 0.250 e. The van der Waals surface area contributed by atoms with Gasteiger partial charge < -0.3 is 9.64 Å². The predicted molar refractivity (Wildman–Crippen MR) is 129 cm³/mol. The second-order valence-corrected chi connectivity index (χ2v) is 8.55. The number of nitrogens with zero attached hydrogens (tertiary/aromatic N) is 1. The molecule has 32 heavy (non-hydrogen) atoms. The van der Waals surface area contributed by atoms with Crippen molar-refractivity contribution in [3.63, 3.8) is 0 Å². The van der Waals surface area contributed by atoms with Crippen molar-refractivity contribution in [2.75, 3.05) is 18.0 Å². The van der Waals surface area contributed by atoms with E-state index in [4.69, 9.17) is 16.3 Å². The predicted octanol–water partition coefficient (Wildman–Crippen LogP) is 5.78. The average molecular weight is 444 g/mol. The van der Waals surface area contributed by atoms with Gasteiger partial charge in [-0.15, -0.1) is 0 Å². The highest BCUT2D eigenvalue weighted by molar-refractivity contribution is 6.30. The molecule has 0 amide bonds. The number of piperidine rings is 1. The molecule has 4 nitrogen and oxygen atoms in total. The Morgan fingerprint density at radius 2 is 1.47 bits per heavy atom. The van der Waals surface area contributed by atoms with E-state index in [1.807, 2.05) is 36.4 Å². The number of benzene rings is 3. The summed E-state index contributed by atoms with van der Waals surface area (Å²) in [5, 5.41) is 0.503. The first-order valence-corrected chi connectivity index (χ1v) is 11.2. The largest absolute Gasteiger partial charge is 0.457 e. The van der Waals surface area contributed by atoms with Gasteiger partial charge in [0, 0.05) is 29.7 Å². The Morgan fingerprint density at radius 1 is 0.812 bits per heavy atom. The molecule has 0 radical (unpaired) electrons. The van der Waals surface area contributed by atoms with E-state index in [1.54, 1.807) is 18.2 Å². The van der Waals surface area contributed by atoms with Crippen molar-refractivity contribution >= 4 is 17.3 Å². The van der Waals surface area contributed by atoms with Gasteiger partial charge >= 0.3 is 0 Å². The monoisotopic (exact) mass is 443 g/mol. The molecule has 0 aliphatic carbocycles. The van der Waals surface area contributed by atoms with Gasteiger partial charge in [0.15, 0.2) is 0 Å². The highest BCUT2D eigenvalue weighted by Gasteiger charge is 2.31. The molecule has 0 N–H and O–H groups in total. The minimum absolute atomic E-state index is 0.418. The van der Waals surface area contributed by atoms with Gasteiger partial charge in [-0.05, 0) is 48.6 Å². The van der Waals surface area contributed by atoms with Crippen LogP contribution < -0.4 is 20.5 Å². The molecule has 5 rings (SSSR count). The van der Waals surface area contributed by atoms with E-state index in [2.05, 4.69) is 29.2 Å². The minimum Gasteiger partial charge on any atom is -0.457 e. The average Bonchev–Trinajstić information content (AvgIpc) is 2.84. The van der Waals surface area contributed by atoms with Crippen LogP contribution in [0.5, 0.6) is 11.5 Å². The number of anilines is 1. The van der Waals surface area contributed by atoms with Crippen LogP contribution in [-0.2, 0) is 0 Å². The van der Waals surface area contributed by atoms with Gasteiger partial charge in [0.1, 0.15) is 17.2 Å². The molecule has 1 fully saturated rings. The molecule has 0 spiro atoms. The van der Waals surface area contributed by atoms with Crippen molar-refractivity contribution in [1.29, 1.82) is 0 Å². The van der Waals surface area contributed by atoms with Crippen molar-refractivity contribution in [2.24, 2.45) is 0 Å². The van der Waals surface area contributed by atoms with Gasteiger partial charge in [0.2, 0.25) is 10.9 Å². The van der Waals surface area contributed by atoms with E-state index in [1.165, 1.54) is 5.56 Å². The lowest BCUT2D eigenvalue weighted by atomic mass is 9.88. The molecular formula is C27H22ClNO3. The van der Waals surface area contributed by atoms with Gasteiger partial charge in [-0.3, -0.25) is 9.59 Å². The zero-order chi connectivity index (χ0) is 22.1. The molecule has 160 valence electrons. The summed E-state index contributed by atoms with van der Waals surface area (Å²) in [6, 6.07) is 24.9. The van der Waals surface area contributed by atoms with Crippen LogP contribution in [0.4, 0.5) is 5.69 Å². The SMILES string of the molecule is O=c1c(-c2ccc(Cl)cc2Oc2ccccc2)c(N2CCC(c3ccccc3)CC2)c1=O. The lowest BCUT2D eigenvalue weighted by molar-refractivity contribution is 0.484. The quantitative estimate of drug-likeness (QED) is 0.367. The van der Waals surface area contributed by atoms with E-state index in [-0.39, 0.29) is 0 Å². The summed E-state index contributed by atoms with van der Waals surface area (Å²) in [7, 11) is 0. The maximum absolute atomic E-state index is 12.7. The van der Waals surface area contributed by atoms with Crippen molar-refractivity contribution in [3.05, 3.63) is 110 Å². The van der Waals surface area contributed by atoms with Crippen molar-refractivity contribution in [1.82, 2.24) is 0 Å². The molecule has 0 unspecified atom stereocenters. The Hall–Kier alpha value is -3.37. The zero-order valence-corrected chi connectivity index (χ0v) is 18.2. The molecule has 1 aliphatic heterocycles. The summed E-state index contributed by atoms with van der Waals surface area (Å²) in [5.74, 6) is 1.58. The lowest BCUT2D eigenvalue weighted by Gasteiger charge is -2.35. The number of hydrogen-bond donors (Lipinski definition) is 0. The summed E-state index contributed by atoms with van der Waals surface area (Å²) >= 11 is 6.21. The van der Waals surface area contributed by atoms with E-state index in [9.17, 15) is 9.59 Å². The van der Waals surface area contributed by atoms with Crippen molar-refractivity contribution in [2.45, 2.75) is 18.8 Å². The molecular weight excluding hydrogens is 422 g/mol. The normalized spacial score (nSPS) is 14.6. The molecule has 1 heterocycles. The molecule has 1 aliphatic rings. The lowest BCUT2D eigenvalue weighted by Crippen LogP contribution is -2.45. The summed E-state index contributed by atoms with van der Waals surface area (Å²) in [4.78, 5) is 27.3. The van der Waals surface area contributed by atoms with Gasteiger partial charge in [0.25, 0.3) is 0 Å². The number of hydrogen-bond acceptors (Lipinski definition) is 4. The maximum Gasteiger partial charge on any atom is 0.250 e. The molecule has 0 saturated carbocycles. The second-order valence-electron chi connectivity index (χ2n) is 8.11. The number of para-hydroxylation sites is 1. The van der Waals surface area contributed by atoms with E-state index >= 15 is 0 Å². The zero-order valence-electron chi connectivity index (χ0n) is 17.5. The molecule has 0 bridgehead atoms. The second kappa shape index (κ2) is 8.64. The summed E-state index contributed by atoms with van der Waals surface area (Å²) < 4.78 is 6.04. The van der Waals surface area contributed by atoms with Gasteiger partial charge in [-0.1, -0.05) is 60.1 Å². The fraction of sp³-hybridized carbons (Fsp3) is 0.185. The van der Waals surface area contributed by atoms with Crippen LogP contribution in [0, 0.1) is 0 Å².